The summed E-state index contributed by atoms with van der Waals surface area (Å²) in [7, 11) is 1.87. The normalized spacial score (nSPS) is 11.3. The number of rotatable bonds is 3. The van der Waals surface area contributed by atoms with Crippen molar-refractivity contribution in [1.82, 2.24) is 10.4 Å². The van der Waals surface area contributed by atoms with Crippen molar-refractivity contribution in [3.63, 3.8) is 0 Å². The van der Waals surface area contributed by atoms with Crippen LogP contribution in [-0.4, -0.2) is 24.0 Å². The Morgan fingerprint density at radius 3 is 2.00 bits per heavy atom. The maximum Gasteiger partial charge on any atom is 0.236 e. The summed E-state index contributed by atoms with van der Waals surface area (Å²) in [5.74, 6) is 0.123. The Hall–Kier alpha value is -0.570. The first-order chi connectivity index (χ1) is 4.95. The molecule has 0 saturated heterocycles. The van der Waals surface area contributed by atoms with Crippen LogP contribution < -0.4 is 5.43 Å². The minimum Gasteiger partial charge on any atom is -0.289 e. The van der Waals surface area contributed by atoms with E-state index in [0.717, 1.165) is 0 Å². The average molecular weight is 158 g/mol. The molecule has 0 spiro atoms. The van der Waals surface area contributed by atoms with Gasteiger partial charge in [0.1, 0.15) is 0 Å². The van der Waals surface area contributed by atoms with Crippen LogP contribution in [0, 0.1) is 5.92 Å². The molecule has 0 aromatic rings. The first-order valence-electron chi connectivity index (χ1n) is 3.98. The number of hydrogen-bond donors (Lipinski definition) is 1. The highest BCUT2D eigenvalue weighted by molar-refractivity contribution is 5.77. The van der Waals surface area contributed by atoms with Crippen LogP contribution >= 0.6 is 0 Å². The Bertz CT molecular complexity index is 132. The first kappa shape index (κ1) is 10.4. The number of carbonyl (C=O) groups is 1. The lowest BCUT2D eigenvalue weighted by atomic mass is 10.2. The number of amides is 1. The van der Waals surface area contributed by atoms with Crippen molar-refractivity contribution in [3.05, 3.63) is 0 Å². The highest BCUT2D eigenvalue weighted by atomic mass is 16.2. The van der Waals surface area contributed by atoms with Crippen molar-refractivity contribution >= 4 is 5.91 Å². The highest BCUT2D eigenvalue weighted by Gasteiger charge is 2.10. The van der Waals surface area contributed by atoms with Gasteiger partial charge in [0.05, 0.1) is 0 Å². The third kappa shape index (κ3) is 3.98. The predicted molar refractivity (Wildman–Crippen MR) is 45.9 cm³/mol. The molecule has 0 unspecified atom stereocenters. The molecule has 0 fully saturated rings. The van der Waals surface area contributed by atoms with Crippen LogP contribution in [0.5, 0.6) is 0 Å². The summed E-state index contributed by atoms with van der Waals surface area (Å²) in [6.07, 6.45) is 0. The minimum absolute atomic E-state index is 0.0520. The quantitative estimate of drug-likeness (QED) is 0.622. The second kappa shape index (κ2) is 4.34. The van der Waals surface area contributed by atoms with Gasteiger partial charge in [-0.1, -0.05) is 13.8 Å². The van der Waals surface area contributed by atoms with Crippen LogP contribution in [0.1, 0.15) is 27.7 Å². The van der Waals surface area contributed by atoms with Crippen molar-refractivity contribution in [3.8, 4) is 0 Å². The fourth-order valence-electron chi connectivity index (χ4n) is 0.432. The van der Waals surface area contributed by atoms with Crippen molar-refractivity contribution in [2.45, 2.75) is 33.7 Å². The molecule has 3 heteroatoms. The van der Waals surface area contributed by atoms with Gasteiger partial charge in [0.2, 0.25) is 5.91 Å². The largest absolute Gasteiger partial charge is 0.289 e. The lowest BCUT2D eigenvalue weighted by Crippen LogP contribution is -2.45. The van der Waals surface area contributed by atoms with E-state index in [0.29, 0.717) is 6.04 Å². The van der Waals surface area contributed by atoms with E-state index >= 15 is 0 Å². The van der Waals surface area contributed by atoms with Gasteiger partial charge in [0.25, 0.3) is 0 Å². The van der Waals surface area contributed by atoms with Crippen LogP contribution in [0.2, 0.25) is 0 Å². The van der Waals surface area contributed by atoms with Crippen LogP contribution in [0.4, 0.5) is 0 Å². The number of nitrogens with zero attached hydrogens (tertiary/aromatic N) is 1. The summed E-state index contributed by atoms with van der Waals surface area (Å²) in [6, 6.07) is 0.345. The molecule has 0 atom stereocenters. The van der Waals surface area contributed by atoms with E-state index < -0.39 is 0 Å². The second-order valence-electron chi connectivity index (χ2n) is 3.34. The van der Waals surface area contributed by atoms with Gasteiger partial charge >= 0.3 is 0 Å². The zero-order valence-corrected chi connectivity index (χ0v) is 8.01. The van der Waals surface area contributed by atoms with E-state index in [2.05, 4.69) is 5.43 Å². The maximum atomic E-state index is 11.1. The Balaban J connectivity index is 3.76. The van der Waals surface area contributed by atoms with E-state index in [1.807, 2.05) is 39.8 Å². The van der Waals surface area contributed by atoms with Gasteiger partial charge in [0, 0.05) is 19.0 Å². The molecule has 0 aliphatic heterocycles. The summed E-state index contributed by atoms with van der Waals surface area (Å²) in [5, 5.41) is 1.81. The Morgan fingerprint density at radius 1 is 1.27 bits per heavy atom. The summed E-state index contributed by atoms with van der Waals surface area (Å²) in [4.78, 5) is 11.1. The Labute approximate surface area is 68.7 Å². The van der Waals surface area contributed by atoms with E-state index in [9.17, 15) is 4.79 Å². The summed E-state index contributed by atoms with van der Waals surface area (Å²) >= 11 is 0. The maximum absolute atomic E-state index is 11.1. The van der Waals surface area contributed by atoms with Crippen LogP contribution in [0.15, 0.2) is 0 Å². The molecular weight excluding hydrogens is 140 g/mol. The smallest absolute Gasteiger partial charge is 0.236 e. The molecule has 66 valence electrons. The molecule has 0 bridgehead atoms. The van der Waals surface area contributed by atoms with E-state index in [4.69, 9.17) is 0 Å². The number of hydrogen-bond acceptors (Lipinski definition) is 2. The monoisotopic (exact) mass is 158 g/mol. The van der Waals surface area contributed by atoms with Crippen LogP contribution in [0.25, 0.3) is 0 Å². The zero-order chi connectivity index (χ0) is 9.02. The molecule has 0 heterocycles. The van der Waals surface area contributed by atoms with Crippen molar-refractivity contribution in [2.75, 3.05) is 7.05 Å². The lowest BCUT2D eigenvalue weighted by Gasteiger charge is -2.22. The van der Waals surface area contributed by atoms with Gasteiger partial charge in [-0.05, 0) is 13.8 Å². The van der Waals surface area contributed by atoms with Gasteiger partial charge in [-0.3, -0.25) is 10.2 Å². The third-order valence-electron chi connectivity index (χ3n) is 1.59. The minimum atomic E-state index is 0.0520. The van der Waals surface area contributed by atoms with E-state index in [-0.39, 0.29) is 11.8 Å². The third-order valence-corrected chi connectivity index (χ3v) is 1.59. The van der Waals surface area contributed by atoms with E-state index in [1.165, 1.54) is 0 Å². The topological polar surface area (TPSA) is 32.3 Å². The molecule has 0 aliphatic carbocycles. The molecule has 0 radical (unpaired) electrons. The van der Waals surface area contributed by atoms with Crippen molar-refractivity contribution in [1.29, 1.82) is 0 Å². The number of carbonyl (C=O) groups excluding carboxylic acids is 1. The SMILES string of the molecule is CC(C)C(=O)NN(C)C(C)C. The molecule has 3 nitrogen and oxygen atoms in total. The van der Waals surface area contributed by atoms with Gasteiger partial charge in [-0.25, -0.2) is 5.01 Å². The summed E-state index contributed by atoms with van der Waals surface area (Å²) < 4.78 is 0. The molecule has 0 aliphatic rings. The zero-order valence-electron chi connectivity index (χ0n) is 8.01. The summed E-state index contributed by atoms with van der Waals surface area (Å²) in [6.45, 7) is 7.81. The van der Waals surface area contributed by atoms with E-state index in [1.54, 1.807) is 0 Å². The number of nitrogens with one attached hydrogen (secondary N) is 1. The fourth-order valence-corrected chi connectivity index (χ4v) is 0.432. The van der Waals surface area contributed by atoms with Crippen LogP contribution in [-0.2, 0) is 4.79 Å². The fraction of sp³-hybridized carbons (Fsp3) is 0.875. The second-order valence-corrected chi connectivity index (χ2v) is 3.34. The van der Waals surface area contributed by atoms with Gasteiger partial charge in [0.15, 0.2) is 0 Å². The van der Waals surface area contributed by atoms with Gasteiger partial charge in [-0.2, -0.15) is 0 Å². The Morgan fingerprint density at radius 2 is 1.73 bits per heavy atom. The summed E-state index contributed by atoms with van der Waals surface area (Å²) in [5.41, 5.74) is 2.77. The molecule has 0 saturated carbocycles. The lowest BCUT2D eigenvalue weighted by molar-refractivity contribution is -0.129. The van der Waals surface area contributed by atoms with Crippen molar-refractivity contribution < 1.29 is 4.79 Å². The first-order valence-corrected chi connectivity index (χ1v) is 3.98. The predicted octanol–water partition coefficient (Wildman–Crippen LogP) is 1.01. The Kier molecular flexibility index (Phi) is 4.11. The standard InChI is InChI=1S/C8H18N2O/c1-6(2)8(11)9-10(5)7(3)4/h6-7H,1-5H3,(H,9,11). The molecule has 1 amide bonds. The molecule has 11 heavy (non-hydrogen) atoms. The number of hydrazine groups is 1. The van der Waals surface area contributed by atoms with Crippen LogP contribution in [0.3, 0.4) is 0 Å². The molecule has 0 aromatic heterocycles. The van der Waals surface area contributed by atoms with Crippen molar-refractivity contribution in [2.24, 2.45) is 5.92 Å². The molecule has 0 aromatic carbocycles. The highest BCUT2D eigenvalue weighted by Crippen LogP contribution is 1.94. The van der Waals surface area contributed by atoms with Gasteiger partial charge < -0.3 is 0 Å². The molecule has 1 N–H and O–H groups in total. The average Bonchev–Trinajstić information content (AvgIpc) is 1.87. The van der Waals surface area contributed by atoms with Gasteiger partial charge in [-0.15, -0.1) is 0 Å². The molecule has 0 rings (SSSR count). The molecular formula is C8H18N2O.